The molecule has 12 heteroatoms. The van der Waals surface area contributed by atoms with Gasteiger partial charge in [0.1, 0.15) is 0 Å². The Morgan fingerprint density at radius 2 is 1.85 bits per heavy atom. The maximum absolute atomic E-state index is 12.8. The topological polar surface area (TPSA) is 142 Å². The first kappa shape index (κ1) is 30.5. The van der Waals surface area contributed by atoms with Crippen molar-refractivity contribution in [3.8, 4) is 0 Å². The van der Waals surface area contributed by atoms with Crippen molar-refractivity contribution in [2.45, 2.75) is 31.8 Å². The normalized spacial score (nSPS) is 21.4. The Morgan fingerprint density at radius 3 is 2.44 bits per heavy atom. The van der Waals surface area contributed by atoms with Gasteiger partial charge in [0.2, 0.25) is 0 Å². The average molecular weight is 704 g/mol. The van der Waals surface area contributed by atoms with E-state index in [0.717, 1.165) is 0 Å². The number of rotatable bonds is 11. The average Bonchev–Trinajstić information content (AvgIpc) is 3.06. The Hall–Kier alpha value is -1.52. The third-order valence-corrected chi connectivity index (χ3v) is 5.19. The van der Waals surface area contributed by atoms with Crippen molar-refractivity contribution in [1.29, 1.82) is 0 Å². The molecule has 0 aromatic heterocycles. The summed E-state index contributed by atoms with van der Waals surface area (Å²) in [5.41, 5.74) is 0.976. The van der Waals surface area contributed by atoms with E-state index in [4.69, 9.17) is 19.3 Å². The summed E-state index contributed by atoms with van der Waals surface area (Å²) in [6.45, 7) is 5.88. The summed E-state index contributed by atoms with van der Waals surface area (Å²) >= 11 is 0. The zero-order valence-corrected chi connectivity index (χ0v) is 23.1. The molecule has 3 rings (SSSR count). The van der Waals surface area contributed by atoms with Crippen molar-refractivity contribution in [2.75, 3.05) is 46.2 Å². The third kappa shape index (κ3) is 8.93. The van der Waals surface area contributed by atoms with Gasteiger partial charge in [-0.3, -0.25) is 9.44 Å². The van der Waals surface area contributed by atoms with Crippen LogP contribution in [0, 0.1) is 54.2 Å². The molecule has 2 heterocycles. The quantitative estimate of drug-likeness (QED) is 0.119. The monoisotopic (exact) mass is 703 g/mol. The Kier molecular flexibility index (Phi) is 13.9. The van der Waals surface area contributed by atoms with E-state index >= 15 is 0 Å². The van der Waals surface area contributed by atoms with Gasteiger partial charge in [0, 0.05) is 11.3 Å². The van der Waals surface area contributed by atoms with E-state index in [1.807, 2.05) is 0 Å². The fourth-order valence-electron chi connectivity index (χ4n) is 3.45. The number of carboxylic acid groups (broad SMARTS) is 1. The van der Waals surface area contributed by atoms with Gasteiger partial charge in [0.15, 0.2) is 6.04 Å². The van der Waals surface area contributed by atoms with Crippen LogP contribution in [-0.4, -0.2) is 84.5 Å². The second kappa shape index (κ2) is 15.5. The Balaban J connectivity index is 0.000000348. The summed E-state index contributed by atoms with van der Waals surface area (Å²) in [5, 5.41) is 21.1. The number of hydrogen-bond acceptors (Lipinski definition) is 8. The number of nitroso groups, excluding NO2 is 1. The van der Waals surface area contributed by atoms with Crippen molar-refractivity contribution in [2.24, 2.45) is 0 Å². The van der Waals surface area contributed by atoms with Gasteiger partial charge in [-0.15, -0.1) is 0 Å². The van der Waals surface area contributed by atoms with Crippen LogP contribution in [0.1, 0.15) is 35.2 Å². The molecular formula is C22H29N2O9U+. The van der Waals surface area contributed by atoms with Crippen LogP contribution in [0.3, 0.4) is 0 Å². The van der Waals surface area contributed by atoms with Crippen molar-refractivity contribution in [3.05, 3.63) is 52.4 Å². The number of carbonyl (C=O) groups is 3. The number of ether oxygens (including phenoxy) is 3. The summed E-state index contributed by atoms with van der Waals surface area (Å²) in [6.07, 6.45) is 0.342. The minimum absolute atomic E-state index is 0. The van der Waals surface area contributed by atoms with Gasteiger partial charge in [-0.1, -0.05) is 12.2 Å². The van der Waals surface area contributed by atoms with Crippen LogP contribution >= 0.6 is 0 Å². The molecule has 34 heavy (non-hydrogen) atoms. The van der Waals surface area contributed by atoms with Crippen LogP contribution in [0.5, 0.6) is 0 Å². The van der Waals surface area contributed by atoms with Crippen LogP contribution in [0.15, 0.2) is 18.2 Å². The molecule has 1 saturated heterocycles. The number of aliphatic carboxylic acids is 1. The molecule has 2 atom stereocenters. The van der Waals surface area contributed by atoms with E-state index in [1.54, 1.807) is 18.2 Å². The second-order valence-corrected chi connectivity index (χ2v) is 7.45. The van der Waals surface area contributed by atoms with E-state index < -0.39 is 28.5 Å². The number of carbonyl (C=O) groups excluding carboxylic acids is 2. The van der Waals surface area contributed by atoms with Crippen molar-refractivity contribution >= 4 is 17.8 Å². The molecule has 2 amide bonds. The number of quaternary nitrogens is 1. The van der Waals surface area contributed by atoms with Crippen molar-refractivity contribution in [3.63, 3.8) is 0 Å². The number of benzene rings is 1. The van der Waals surface area contributed by atoms with Crippen LogP contribution in [0.25, 0.3) is 0 Å². The maximum Gasteiger partial charge on any atom is 2.00 e. The summed E-state index contributed by atoms with van der Waals surface area (Å²) in [5.74, 6) is -1.90. The molecular weight excluding hydrogens is 674 g/mol. The number of piperidine rings is 1. The van der Waals surface area contributed by atoms with Gasteiger partial charge in [0.05, 0.1) is 57.2 Å². The molecule has 0 saturated carbocycles. The summed E-state index contributed by atoms with van der Waals surface area (Å²) < 4.78 is 14.3. The molecule has 0 radical (unpaired) electrons. The first-order chi connectivity index (χ1) is 15.8. The summed E-state index contributed by atoms with van der Waals surface area (Å²) in [4.78, 5) is 44.9. The number of nitrogens with zero attached hydrogens (tertiary/aromatic N) is 2. The standard InChI is InChI=1S/C13H12N2O4.C9H17O5.U/c16-12-6-5-10(7-14(12)18)15(19)8-9-3-1-2-4-11(9)13(15)17;1-2-12-5-6-14-8-7-13-4-3-9(10)11;/h1-2,4,10H,5-8H2;1-8H2,(H,10,11);/q;-1;+2. The van der Waals surface area contributed by atoms with Crippen molar-refractivity contribution in [1.82, 2.24) is 0 Å². The Bertz CT molecular complexity index is 851. The number of amides is 2. The molecule has 2 unspecified atom stereocenters. The van der Waals surface area contributed by atoms with Gasteiger partial charge in [-0.2, -0.15) is 24.3 Å². The molecule has 11 nitrogen and oxygen atoms in total. The summed E-state index contributed by atoms with van der Waals surface area (Å²) in [7, 11) is 0. The van der Waals surface area contributed by atoms with Crippen LogP contribution < -0.4 is 0 Å². The molecule has 184 valence electrons. The fraction of sp³-hybridized carbons (Fsp3) is 0.545. The SMILES string of the molecule is O=C1CCC([N+]2([O-])Cc3[c-]cccc3C2=O)C[N+]1=O.[CH2-]COCCOCCOCCC(=O)O.[U+2]. The van der Waals surface area contributed by atoms with E-state index in [1.165, 1.54) is 0 Å². The molecule has 1 aromatic rings. The molecule has 0 aliphatic carbocycles. The van der Waals surface area contributed by atoms with Crippen molar-refractivity contribution < 1.29 is 74.2 Å². The Labute approximate surface area is 221 Å². The zero-order chi connectivity index (χ0) is 24.3. The van der Waals surface area contributed by atoms with Gasteiger partial charge in [-0.05, 0) is 5.56 Å². The largest absolute Gasteiger partial charge is 2.00 e. The number of hydroxylamine groups is 3. The molecule has 2 aliphatic heterocycles. The maximum atomic E-state index is 12.8. The third-order valence-electron chi connectivity index (χ3n) is 5.19. The van der Waals surface area contributed by atoms with Gasteiger partial charge in [-0.25, -0.2) is 9.59 Å². The van der Waals surface area contributed by atoms with E-state index in [0.29, 0.717) is 48.9 Å². The van der Waals surface area contributed by atoms with Crippen LogP contribution in [0.4, 0.5) is 0 Å². The molecule has 1 N–H and O–H groups in total. The number of fused-ring (bicyclic) bond motifs is 1. The zero-order valence-electron chi connectivity index (χ0n) is 18.9. The van der Waals surface area contributed by atoms with E-state index in [9.17, 15) is 24.5 Å². The fourth-order valence-corrected chi connectivity index (χ4v) is 3.45. The predicted octanol–water partition coefficient (Wildman–Crippen LogP) is 1.27. The van der Waals surface area contributed by atoms with Gasteiger partial charge < -0.3 is 31.4 Å². The smallest absolute Gasteiger partial charge is 0.625 e. The van der Waals surface area contributed by atoms with Gasteiger partial charge >= 0.3 is 43.0 Å². The molecule has 1 aromatic carbocycles. The summed E-state index contributed by atoms with van der Waals surface area (Å²) in [6, 6.07) is 7.15. The second-order valence-electron chi connectivity index (χ2n) is 7.45. The number of carboxylic acids is 1. The predicted molar refractivity (Wildman–Crippen MR) is 114 cm³/mol. The van der Waals surface area contributed by atoms with E-state index in [-0.39, 0.29) is 70.1 Å². The van der Waals surface area contributed by atoms with E-state index in [2.05, 4.69) is 13.0 Å². The Morgan fingerprint density at radius 1 is 1.21 bits per heavy atom. The molecule has 1 fully saturated rings. The molecule has 2 aliphatic rings. The van der Waals surface area contributed by atoms with Gasteiger partial charge in [0.25, 0.3) is 12.5 Å². The molecule has 0 spiro atoms. The molecule has 0 bridgehead atoms. The number of hydrogen-bond donors (Lipinski definition) is 1. The minimum atomic E-state index is -1.07. The minimum Gasteiger partial charge on any atom is -0.625 e. The van der Waals surface area contributed by atoms with Crippen LogP contribution in [0.2, 0.25) is 0 Å². The first-order valence-corrected chi connectivity index (χ1v) is 10.6. The first-order valence-electron chi connectivity index (χ1n) is 10.6. The van der Waals surface area contributed by atoms with Crippen LogP contribution in [-0.2, 0) is 30.3 Å².